The molecule has 0 atom stereocenters. The molecule has 8 heteroatoms. The molecular weight excluding hydrogens is 420 g/mol. The van der Waals surface area contributed by atoms with Crippen LogP contribution < -0.4 is 9.88 Å². The molecule has 2 aromatic rings. The van der Waals surface area contributed by atoms with Crippen LogP contribution in [0.25, 0.3) is 0 Å². The average Bonchev–Trinajstić information content (AvgIpc) is 3.44. The quantitative estimate of drug-likeness (QED) is 0.750. The molecule has 0 unspecified atom stereocenters. The van der Waals surface area contributed by atoms with E-state index >= 15 is 0 Å². The van der Waals surface area contributed by atoms with E-state index in [0.29, 0.717) is 11.0 Å². The first kappa shape index (κ1) is 18.9. The second-order valence-corrected chi connectivity index (χ2v) is 8.61. The van der Waals surface area contributed by atoms with Crippen molar-refractivity contribution in [2.45, 2.75) is 30.3 Å². The van der Waals surface area contributed by atoms with Crippen LogP contribution in [-0.4, -0.2) is 32.4 Å². The first-order valence-corrected chi connectivity index (χ1v) is 10.4. The van der Waals surface area contributed by atoms with Crippen molar-refractivity contribution in [3.8, 4) is 5.75 Å². The summed E-state index contributed by atoms with van der Waals surface area (Å²) < 4.78 is 28.9. The largest absolute Gasteiger partial charge is 0.497 e. The van der Waals surface area contributed by atoms with E-state index in [4.69, 9.17) is 9.88 Å². The SMILES string of the molecule is COc1ccc(CN(C(=O)c2cc(S(N)(=O)=O)ccc2Br)C2CC2)cc1. The molecule has 1 amide bonds. The maximum absolute atomic E-state index is 13.1. The van der Waals surface area contributed by atoms with Crippen molar-refractivity contribution in [1.29, 1.82) is 0 Å². The Kier molecular flexibility index (Phi) is 5.36. The van der Waals surface area contributed by atoms with Crippen molar-refractivity contribution in [1.82, 2.24) is 4.90 Å². The van der Waals surface area contributed by atoms with E-state index in [9.17, 15) is 13.2 Å². The maximum Gasteiger partial charge on any atom is 0.255 e. The maximum atomic E-state index is 13.1. The van der Waals surface area contributed by atoms with Gasteiger partial charge in [-0.1, -0.05) is 12.1 Å². The Balaban J connectivity index is 1.89. The molecule has 1 saturated carbocycles. The van der Waals surface area contributed by atoms with Crippen molar-refractivity contribution in [3.63, 3.8) is 0 Å². The van der Waals surface area contributed by atoms with Gasteiger partial charge in [-0.05, 0) is 64.7 Å². The molecule has 0 spiro atoms. The summed E-state index contributed by atoms with van der Waals surface area (Å²) in [6.45, 7) is 0.444. The van der Waals surface area contributed by atoms with E-state index in [1.54, 1.807) is 12.0 Å². The average molecular weight is 439 g/mol. The summed E-state index contributed by atoms with van der Waals surface area (Å²) in [5.74, 6) is 0.530. The predicted molar refractivity (Wildman–Crippen MR) is 101 cm³/mol. The molecule has 6 nitrogen and oxygen atoms in total. The molecule has 1 aliphatic carbocycles. The molecule has 1 fully saturated rings. The number of hydrogen-bond acceptors (Lipinski definition) is 4. The number of nitrogens with two attached hydrogens (primary N) is 1. The fraction of sp³-hybridized carbons (Fsp3) is 0.278. The fourth-order valence-electron chi connectivity index (χ4n) is 2.68. The molecule has 0 aliphatic heterocycles. The molecule has 0 saturated heterocycles. The molecule has 138 valence electrons. The fourth-order valence-corrected chi connectivity index (χ4v) is 3.64. The Labute approximate surface area is 161 Å². The number of carbonyl (C=O) groups is 1. The number of hydrogen-bond donors (Lipinski definition) is 1. The van der Waals surface area contributed by atoms with Crippen molar-refractivity contribution in [2.75, 3.05) is 7.11 Å². The van der Waals surface area contributed by atoms with Gasteiger partial charge in [0.2, 0.25) is 10.0 Å². The van der Waals surface area contributed by atoms with Gasteiger partial charge in [0, 0.05) is 17.1 Å². The number of rotatable bonds is 6. The third kappa shape index (κ3) is 4.25. The summed E-state index contributed by atoms with van der Waals surface area (Å²) in [7, 11) is -2.28. The second kappa shape index (κ2) is 7.38. The van der Waals surface area contributed by atoms with Crippen molar-refractivity contribution in [2.24, 2.45) is 5.14 Å². The van der Waals surface area contributed by atoms with E-state index in [-0.39, 0.29) is 22.4 Å². The Morgan fingerprint density at radius 3 is 2.42 bits per heavy atom. The summed E-state index contributed by atoms with van der Waals surface area (Å²) in [6.07, 6.45) is 1.88. The highest BCUT2D eigenvalue weighted by molar-refractivity contribution is 9.10. The van der Waals surface area contributed by atoms with Gasteiger partial charge in [0.05, 0.1) is 17.6 Å². The summed E-state index contributed by atoms with van der Waals surface area (Å²) in [5, 5.41) is 5.20. The van der Waals surface area contributed by atoms with Crippen molar-refractivity contribution >= 4 is 31.9 Å². The van der Waals surface area contributed by atoms with Gasteiger partial charge in [-0.15, -0.1) is 0 Å². The zero-order valence-corrected chi connectivity index (χ0v) is 16.6. The number of methoxy groups -OCH3 is 1. The number of halogens is 1. The molecule has 1 aliphatic rings. The Morgan fingerprint density at radius 2 is 1.88 bits per heavy atom. The normalized spacial score (nSPS) is 14.1. The summed E-state index contributed by atoms with van der Waals surface area (Å²) in [4.78, 5) is 14.8. The lowest BCUT2D eigenvalue weighted by Gasteiger charge is -2.23. The molecule has 0 bridgehead atoms. The minimum atomic E-state index is -3.88. The first-order valence-electron chi connectivity index (χ1n) is 8.06. The minimum absolute atomic E-state index is 0.0794. The van der Waals surface area contributed by atoms with Crippen LogP contribution >= 0.6 is 15.9 Å². The van der Waals surface area contributed by atoms with E-state index in [0.717, 1.165) is 24.2 Å². The zero-order valence-electron chi connectivity index (χ0n) is 14.2. The van der Waals surface area contributed by atoms with Crippen LogP contribution in [0.15, 0.2) is 51.8 Å². The standard InChI is InChI=1S/C18H19BrN2O4S/c1-25-14-6-2-12(3-7-14)11-21(13-4-5-13)18(22)16-10-15(26(20,23)24)8-9-17(16)19/h2-3,6-10,13H,4-5,11H2,1H3,(H2,20,23,24). The molecular formula is C18H19BrN2O4S. The molecule has 3 rings (SSSR count). The molecule has 0 heterocycles. The van der Waals surface area contributed by atoms with Crippen molar-refractivity contribution < 1.29 is 17.9 Å². The highest BCUT2D eigenvalue weighted by Gasteiger charge is 2.34. The van der Waals surface area contributed by atoms with E-state index in [1.165, 1.54) is 18.2 Å². The van der Waals surface area contributed by atoms with Gasteiger partial charge in [0.25, 0.3) is 5.91 Å². The zero-order chi connectivity index (χ0) is 18.9. The summed E-state index contributed by atoms with van der Waals surface area (Å²) in [6, 6.07) is 11.9. The third-order valence-electron chi connectivity index (χ3n) is 4.26. The topological polar surface area (TPSA) is 89.7 Å². The third-order valence-corrected chi connectivity index (χ3v) is 5.86. The van der Waals surface area contributed by atoms with Gasteiger partial charge in [-0.2, -0.15) is 0 Å². The van der Waals surface area contributed by atoms with Crippen LogP contribution in [-0.2, 0) is 16.6 Å². The van der Waals surface area contributed by atoms with E-state index < -0.39 is 10.0 Å². The highest BCUT2D eigenvalue weighted by Crippen LogP contribution is 2.32. The monoisotopic (exact) mass is 438 g/mol. The smallest absolute Gasteiger partial charge is 0.255 e. The van der Waals surface area contributed by atoms with Gasteiger partial charge in [-0.25, -0.2) is 13.6 Å². The molecule has 26 heavy (non-hydrogen) atoms. The van der Waals surface area contributed by atoms with Gasteiger partial charge in [-0.3, -0.25) is 4.79 Å². The van der Waals surface area contributed by atoms with Crippen LogP contribution in [0.1, 0.15) is 28.8 Å². The number of sulfonamides is 1. The first-order chi connectivity index (χ1) is 12.3. The Morgan fingerprint density at radius 1 is 1.23 bits per heavy atom. The van der Waals surface area contributed by atoms with Crippen LogP contribution in [0.5, 0.6) is 5.75 Å². The van der Waals surface area contributed by atoms with Gasteiger partial charge < -0.3 is 9.64 Å². The van der Waals surface area contributed by atoms with Crippen LogP contribution in [0.3, 0.4) is 0 Å². The van der Waals surface area contributed by atoms with Gasteiger partial charge in [0.1, 0.15) is 5.75 Å². The lowest BCUT2D eigenvalue weighted by molar-refractivity contribution is 0.0728. The number of nitrogens with zero attached hydrogens (tertiary/aromatic N) is 1. The Hall–Kier alpha value is -1.90. The van der Waals surface area contributed by atoms with Crippen LogP contribution in [0, 0.1) is 0 Å². The summed E-state index contributed by atoms with van der Waals surface area (Å²) in [5.41, 5.74) is 1.27. The number of ether oxygens (including phenoxy) is 1. The van der Waals surface area contributed by atoms with Crippen LogP contribution in [0.2, 0.25) is 0 Å². The van der Waals surface area contributed by atoms with Gasteiger partial charge >= 0.3 is 0 Å². The van der Waals surface area contributed by atoms with Crippen molar-refractivity contribution in [3.05, 3.63) is 58.1 Å². The lowest BCUT2D eigenvalue weighted by Crippen LogP contribution is -2.33. The lowest BCUT2D eigenvalue weighted by atomic mass is 10.1. The minimum Gasteiger partial charge on any atom is -0.497 e. The molecule has 0 radical (unpaired) electrons. The van der Waals surface area contributed by atoms with Gasteiger partial charge in [0.15, 0.2) is 0 Å². The second-order valence-electron chi connectivity index (χ2n) is 6.20. The summed E-state index contributed by atoms with van der Waals surface area (Å²) >= 11 is 3.34. The number of benzene rings is 2. The molecule has 2 aromatic carbocycles. The molecule has 0 aromatic heterocycles. The Bertz CT molecular complexity index is 925. The number of carbonyl (C=O) groups excluding carboxylic acids is 1. The molecule has 2 N–H and O–H groups in total. The predicted octanol–water partition coefficient (Wildman–Crippen LogP) is 2.91. The number of amides is 1. The van der Waals surface area contributed by atoms with Crippen LogP contribution in [0.4, 0.5) is 0 Å². The van der Waals surface area contributed by atoms with E-state index in [2.05, 4.69) is 15.9 Å². The van der Waals surface area contributed by atoms with E-state index in [1.807, 2.05) is 24.3 Å². The number of primary sulfonamides is 1. The highest BCUT2D eigenvalue weighted by atomic mass is 79.9.